The van der Waals surface area contributed by atoms with Crippen molar-refractivity contribution >= 4 is 6.03 Å². The number of halogens is 3. The molecule has 0 bridgehead atoms. The Morgan fingerprint density at radius 2 is 2.00 bits per heavy atom. The molecular formula is C9H17F3N2O2. The van der Waals surface area contributed by atoms with E-state index in [1.54, 1.807) is 5.32 Å². The quantitative estimate of drug-likeness (QED) is 0.738. The highest BCUT2D eigenvalue weighted by Crippen LogP contribution is 2.12. The van der Waals surface area contributed by atoms with E-state index in [1.807, 2.05) is 6.92 Å². The Balaban J connectivity index is 4.05. The standard InChI is InChI=1S/C9H17F3N2O2/c1-2-3-4-14(5-6-15)8(16)13-7-9(10,11)12/h15H,2-7H2,1H3,(H,13,16). The second-order valence-electron chi connectivity index (χ2n) is 3.34. The summed E-state index contributed by atoms with van der Waals surface area (Å²) in [5.74, 6) is 0. The van der Waals surface area contributed by atoms with E-state index in [0.717, 1.165) is 6.42 Å². The van der Waals surface area contributed by atoms with E-state index in [9.17, 15) is 18.0 Å². The first kappa shape index (κ1) is 15.0. The number of amides is 2. The Morgan fingerprint density at radius 1 is 1.38 bits per heavy atom. The molecule has 0 aliphatic rings. The highest BCUT2D eigenvalue weighted by Gasteiger charge is 2.28. The highest BCUT2D eigenvalue weighted by atomic mass is 19.4. The highest BCUT2D eigenvalue weighted by molar-refractivity contribution is 5.74. The normalized spacial score (nSPS) is 11.3. The molecule has 0 radical (unpaired) electrons. The molecule has 0 rings (SSSR count). The minimum absolute atomic E-state index is 0.0453. The molecule has 2 amide bonds. The predicted molar refractivity (Wildman–Crippen MR) is 53.0 cm³/mol. The summed E-state index contributed by atoms with van der Waals surface area (Å²) in [5.41, 5.74) is 0. The van der Waals surface area contributed by atoms with Crippen LogP contribution in [0.3, 0.4) is 0 Å². The van der Waals surface area contributed by atoms with E-state index < -0.39 is 18.8 Å². The van der Waals surface area contributed by atoms with Gasteiger partial charge in [-0.05, 0) is 6.42 Å². The summed E-state index contributed by atoms with van der Waals surface area (Å²) in [6.07, 6.45) is -2.89. The third kappa shape index (κ3) is 7.33. The van der Waals surface area contributed by atoms with E-state index in [0.29, 0.717) is 13.0 Å². The van der Waals surface area contributed by atoms with Crippen molar-refractivity contribution in [3.05, 3.63) is 0 Å². The predicted octanol–water partition coefficient (Wildman–Crippen LogP) is 1.35. The van der Waals surface area contributed by atoms with Crippen molar-refractivity contribution in [1.29, 1.82) is 0 Å². The van der Waals surface area contributed by atoms with Crippen molar-refractivity contribution in [3.63, 3.8) is 0 Å². The minimum atomic E-state index is -4.41. The van der Waals surface area contributed by atoms with Crippen molar-refractivity contribution in [1.82, 2.24) is 10.2 Å². The van der Waals surface area contributed by atoms with Gasteiger partial charge in [0.05, 0.1) is 6.61 Å². The molecule has 0 fully saturated rings. The van der Waals surface area contributed by atoms with E-state index in [4.69, 9.17) is 5.11 Å². The Bertz CT molecular complexity index is 209. The molecule has 0 spiro atoms. The van der Waals surface area contributed by atoms with Gasteiger partial charge in [0.2, 0.25) is 0 Å². The van der Waals surface area contributed by atoms with Crippen LogP contribution in [0.4, 0.5) is 18.0 Å². The fourth-order valence-electron chi connectivity index (χ4n) is 1.07. The number of urea groups is 1. The lowest BCUT2D eigenvalue weighted by Crippen LogP contribution is -2.45. The van der Waals surface area contributed by atoms with Gasteiger partial charge in [0, 0.05) is 13.1 Å². The molecule has 2 N–H and O–H groups in total. The molecule has 96 valence electrons. The molecule has 0 unspecified atom stereocenters. The number of hydrogen-bond donors (Lipinski definition) is 2. The SMILES string of the molecule is CCCCN(CCO)C(=O)NCC(F)(F)F. The number of hydrogen-bond acceptors (Lipinski definition) is 2. The maximum absolute atomic E-state index is 11.8. The lowest BCUT2D eigenvalue weighted by Gasteiger charge is -2.22. The summed E-state index contributed by atoms with van der Waals surface area (Å²) in [6.45, 7) is 0.693. The second kappa shape index (κ2) is 7.32. The average Bonchev–Trinajstić information content (AvgIpc) is 2.19. The third-order valence-corrected chi connectivity index (χ3v) is 1.88. The maximum atomic E-state index is 11.8. The van der Waals surface area contributed by atoms with Gasteiger partial charge in [-0.3, -0.25) is 0 Å². The van der Waals surface area contributed by atoms with Crippen LogP contribution in [0.15, 0.2) is 0 Å². The van der Waals surface area contributed by atoms with Crippen LogP contribution < -0.4 is 5.32 Å². The van der Waals surface area contributed by atoms with Crippen LogP contribution in [-0.2, 0) is 0 Å². The number of nitrogens with zero attached hydrogens (tertiary/aromatic N) is 1. The molecule has 0 heterocycles. The largest absolute Gasteiger partial charge is 0.405 e. The van der Waals surface area contributed by atoms with Crippen LogP contribution in [0.1, 0.15) is 19.8 Å². The van der Waals surface area contributed by atoms with E-state index in [-0.39, 0.29) is 13.2 Å². The molecule has 4 nitrogen and oxygen atoms in total. The van der Waals surface area contributed by atoms with Crippen LogP contribution in [0.5, 0.6) is 0 Å². The molecule has 0 saturated heterocycles. The van der Waals surface area contributed by atoms with Gasteiger partial charge in [-0.1, -0.05) is 13.3 Å². The van der Waals surface area contributed by atoms with Gasteiger partial charge in [-0.15, -0.1) is 0 Å². The zero-order valence-corrected chi connectivity index (χ0v) is 9.18. The van der Waals surface area contributed by atoms with Gasteiger partial charge >= 0.3 is 12.2 Å². The van der Waals surface area contributed by atoms with Crippen LogP contribution in [-0.4, -0.2) is 48.5 Å². The zero-order chi connectivity index (χ0) is 12.6. The van der Waals surface area contributed by atoms with Gasteiger partial charge in [-0.25, -0.2) is 4.79 Å². The molecule has 0 aromatic rings. The van der Waals surface area contributed by atoms with Gasteiger partial charge in [0.1, 0.15) is 6.54 Å². The zero-order valence-electron chi connectivity index (χ0n) is 9.18. The molecule has 0 aromatic heterocycles. The van der Waals surface area contributed by atoms with Gasteiger partial charge in [-0.2, -0.15) is 13.2 Å². The number of unbranched alkanes of at least 4 members (excludes halogenated alkanes) is 1. The summed E-state index contributed by atoms with van der Waals surface area (Å²) in [7, 11) is 0. The topological polar surface area (TPSA) is 52.6 Å². The van der Waals surface area contributed by atoms with Gasteiger partial charge < -0.3 is 15.3 Å². The van der Waals surface area contributed by atoms with Crippen molar-refractivity contribution in [2.24, 2.45) is 0 Å². The Kier molecular flexibility index (Phi) is 6.87. The monoisotopic (exact) mass is 242 g/mol. The van der Waals surface area contributed by atoms with Crippen molar-refractivity contribution < 1.29 is 23.1 Å². The van der Waals surface area contributed by atoms with Crippen LogP contribution in [0, 0.1) is 0 Å². The molecule has 16 heavy (non-hydrogen) atoms. The van der Waals surface area contributed by atoms with E-state index >= 15 is 0 Å². The fourth-order valence-corrected chi connectivity index (χ4v) is 1.07. The minimum Gasteiger partial charge on any atom is -0.395 e. The third-order valence-electron chi connectivity index (χ3n) is 1.88. The molecule has 0 aromatic carbocycles. The van der Waals surface area contributed by atoms with Crippen LogP contribution >= 0.6 is 0 Å². The van der Waals surface area contributed by atoms with Gasteiger partial charge in [0.25, 0.3) is 0 Å². The number of carbonyl (C=O) groups is 1. The Morgan fingerprint density at radius 3 is 2.44 bits per heavy atom. The van der Waals surface area contributed by atoms with Crippen LogP contribution in [0.2, 0.25) is 0 Å². The first-order valence-electron chi connectivity index (χ1n) is 5.11. The summed E-state index contributed by atoms with van der Waals surface area (Å²) in [4.78, 5) is 12.5. The lowest BCUT2D eigenvalue weighted by atomic mass is 10.3. The summed E-state index contributed by atoms with van der Waals surface area (Å²) >= 11 is 0. The molecule has 0 aliphatic carbocycles. The Hall–Kier alpha value is -0.980. The second-order valence-corrected chi connectivity index (χ2v) is 3.34. The summed E-state index contributed by atoms with van der Waals surface area (Å²) < 4.78 is 35.5. The van der Waals surface area contributed by atoms with E-state index in [1.165, 1.54) is 4.90 Å². The number of aliphatic hydroxyl groups is 1. The summed E-state index contributed by atoms with van der Waals surface area (Å²) in [6, 6.07) is -0.792. The molecule has 0 saturated carbocycles. The first-order chi connectivity index (χ1) is 7.40. The molecule has 7 heteroatoms. The summed E-state index contributed by atoms with van der Waals surface area (Å²) in [5, 5.41) is 10.4. The smallest absolute Gasteiger partial charge is 0.395 e. The van der Waals surface area contributed by atoms with Crippen molar-refractivity contribution in [2.75, 3.05) is 26.2 Å². The Labute approximate surface area is 92.4 Å². The van der Waals surface area contributed by atoms with Gasteiger partial charge in [0.15, 0.2) is 0 Å². The number of rotatable bonds is 6. The number of carbonyl (C=O) groups excluding carboxylic acids is 1. The van der Waals surface area contributed by atoms with Crippen molar-refractivity contribution in [3.8, 4) is 0 Å². The van der Waals surface area contributed by atoms with E-state index in [2.05, 4.69) is 0 Å². The number of aliphatic hydroxyl groups excluding tert-OH is 1. The molecule has 0 atom stereocenters. The van der Waals surface area contributed by atoms with Crippen molar-refractivity contribution in [2.45, 2.75) is 25.9 Å². The molecular weight excluding hydrogens is 225 g/mol. The molecule has 0 aliphatic heterocycles. The lowest BCUT2D eigenvalue weighted by molar-refractivity contribution is -0.123. The average molecular weight is 242 g/mol. The number of alkyl halides is 3. The maximum Gasteiger partial charge on any atom is 0.405 e. The fraction of sp³-hybridized carbons (Fsp3) is 0.889. The first-order valence-corrected chi connectivity index (χ1v) is 5.11. The number of nitrogens with one attached hydrogen (secondary N) is 1. The van der Waals surface area contributed by atoms with Crippen LogP contribution in [0.25, 0.3) is 0 Å².